The van der Waals surface area contributed by atoms with Crippen molar-refractivity contribution in [2.24, 2.45) is 0 Å². The van der Waals surface area contributed by atoms with Gasteiger partial charge in [0.2, 0.25) is 0 Å². The Balaban J connectivity index is 1.73. The number of carbonyl (C=O) groups is 1. The fraction of sp³-hybridized carbons (Fsp3) is 0.250. The van der Waals surface area contributed by atoms with Gasteiger partial charge in [-0.2, -0.15) is 0 Å². The molecular formula is C20H18ClFO4. The minimum atomic E-state index is -0.504. The first kappa shape index (κ1) is 18.3. The Labute approximate surface area is 156 Å². The minimum Gasteiger partial charge on any atom is -0.489 e. The molecule has 0 radical (unpaired) electrons. The zero-order valence-corrected chi connectivity index (χ0v) is 15.2. The quantitative estimate of drug-likeness (QED) is 0.678. The zero-order chi connectivity index (χ0) is 18.7. The van der Waals surface area contributed by atoms with E-state index in [1.54, 1.807) is 18.2 Å². The molecule has 0 fully saturated rings. The van der Waals surface area contributed by atoms with Crippen LogP contribution in [0.4, 0.5) is 4.39 Å². The van der Waals surface area contributed by atoms with E-state index in [0.29, 0.717) is 34.1 Å². The summed E-state index contributed by atoms with van der Waals surface area (Å²) >= 11 is 6.21. The lowest BCUT2D eigenvalue weighted by molar-refractivity contribution is -0.105. The number of carbonyl (C=O) groups excluding carboxylic acids is 1. The van der Waals surface area contributed by atoms with E-state index in [-0.39, 0.29) is 24.9 Å². The fourth-order valence-corrected chi connectivity index (χ4v) is 2.77. The molecule has 0 saturated carbocycles. The van der Waals surface area contributed by atoms with Crippen molar-refractivity contribution in [3.8, 4) is 17.2 Å². The highest BCUT2D eigenvalue weighted by atomic mass is 35.5. The van der Waals surface area contributed by atoms with E-state index in [0.717, 1.165) is 5.56 Å². The minimum absolute atomic E-state index is 0.0295. The number of ether oxygens (including phenoxy) is 3. The van der Waals surface area contributed by atoms with Crippen molar-refractivity contribution in [2.45, 2.75) is 26.6 Å². The second-order valence-electron chi connectivity index (χ2n) is 6.16. The summed E-state index contributed by atoms with van der Waals surface area (Å²) in [6, 6.07) is 8.25. The van der Waals surface area contributed by atoms with Crippen LogP contribution in [0, 0.1) is 5.82 Å². The van der Waals surface area contributed by atoms with Crippen LogP contribution < -0.4 is 14.2 Å². The molecule has 4 nitrogen and oxygen atoms in total. The van der Waals surface area contributed by atoms with E-state index in [1.807, 2.05) is 19.9 Å². The van der Waals surface area contributed by atoms with Gasteiger partial charge < -0.3 is 14.2 Å². The average molecular weight is 377 g/mol. The molecule has 0 aromatic heterocycles. The van der Waals surface area contributed by atoms with Gasteiger partial charge in [-0.25, -0.2) is 4.39 Å². The molecule has 3 rings (SSSR count). The van der Waals surface area contributed by atoms with Crippen molar-refractivity contribution in [1.29, 1.82) is 0 Å². The van der Waals surface area contributed by atoms with Gasteiger partial charge in [0.05, 0.1) is 16.7 Å². The van der Waals surface area contributed by atoms with Crippen LogP contribution in [0.5, 0.6) is 17.2 Å². The second kappa shape index (κ2) is 7.79. The number of fused-ring (bicyclic) bond motifs is 1. The maximum absolute atomic E-state index is 14.2. The second-order valence-corrected chi connectivity index (χ2v) is 6.57. The maximum atomic E-state index is 14.2. The first-order valence-corrected chi connectivity index (χ1v) is 8.54. The molecule has 0 atom stereocenters. The molecule has 136 valence electrons. The maximum Gasteiger partial charge on any atom is 0.149 e. The Bertz CT molecular complexity index is 861. The van der Waals surface area contributed by atoms with E-state index in [2.05, 4.69) is 0 Å². The van der Waals surface area contributed by atoms with Crippen molar-refractivity contribution in [3.63, 3.8) is 0 Å². The largest absolute Gasteiger partial charge is 0.489 e. The number of hydrogen-bond acceptors (Lipinski definition) is 4. The van der Waals surface area contributed by atoms with Gasteiger partial charge in [-0.1, -0.05) is 17.7 Å². The molecule has 26 heavy (non-hydrogen) atoms. The number of benzene rings is 2. The smallest absolute Gasteiger partial charge is 0.149 e. The molecule has 1 aliphatic heterocycles. The lowest BCUT2D eigenvalue weighted by Crippen LogP contribution is -2.09. The molecule has 2 aromatic carbocycles. The monoisotopic (exact) mass is 376 g/mol. The van der Waals surface area contributed by atoms with E-state index >= 15 is 0 Å². The SMILES string of the molecule is CC(C)Oc1ccc(COc2cc(F)c3c(c2)OCC(C=O)=C3)cc1Cl. The molecule has 0 bridgehead atoms. The summed E-state index contributed by atoms with van der Waals surface area (Å²) in [5, 5.41) is 0.492. The van der Waals surface area contributed by atoms with Gasteiger partial charge >= 0.3 is 0 Å². The Kier molecular flexibility index (Phi) is 5.47. The van der Waals surface area contributed by atoms with Crippen LogP contribution in [0.1, 0.15) is 25.0 Å². The number of aldehydes is 1. The molecule has 0 aliphatic carbocycles. The molecule has 1 heterocycles. The van der Waals surface area contributed by atoms with Crippen LogP contribution in [-0.2, 0) is 11.4 Å². The van der Waals surface area contributed by atoms with Gasteiger partial charge in [0.25, 0.3) is 0 Å². The van der Waals surface area contributed by atoms with Crippen LogP contribution in [-0.4, -0.2) is 19.0 Å². The molecule has 0 spiro atoms. The van der Waals surface area contributed by atoms with E-state index < -0.39 is 5.82 Å². The first-order chi connectivity index (χ1) is 12.5. The van der Waals surface area contributed by atoms with E-state index in [9.17, 15) is 9.18 Å². The first-order valence-electron chi connectivity index (χ1n) is 8.16. The highest BCUT2D eigenvalue weighted by molar-refractivity contribution is 6.32. The van der Waals surface area contributed by atoms with Crippen LogP contribution in [0.2, 0.25) is 5.02 Å². The standard InChI is InChI=1S/C20H18ClFO4/c1-12(2)26-19-4-3-13(6-17(19)21)10-24-15-7-18(22)16-5-14(9-23)11-25-20(16)8-15/h3-9,12H,10-11H2,1-2H3. The number of halogens is 2. The van der Waals surface area contributed by atoms with Crippen molar-refractivity contribution in [2.75, 3.05) is 6.61 Å². The molecule has 0 amide bonds. The van der Waals surface area contributed by atoms with Gasteiger partial charge in [0.15, 0.2) is 0 Å². The zero-order valence-electron chi connectivity index (χ0n) is 14.4. The van der Waals surface area contributed by atoms with Crippen molar-refractivity contribution in [3.05, 3.63) is 57.9 Å². The van der Waals surface area contributed by atoms with Gasteiger partial charge in [0.1, 0.15) is 42.6 Å². The summed E-state index contributed by atoms with van der Waals surface area (Å²) in [6.07, 6.45) is 2.17. The van der Waals surface area contributed by atoms with Crippen molar-refractivity contribution < 1.29 is 23.4 Å². The fourth-order valence-electron chi connectivity index (χ4n) is 2.52. The molecule has 0 N–H and O–H groups in total. The predicted octanol–water partition coefficient (Wildman–Crippen LogP) is 4.82. The van der Waals surface area contributed by atoms with Crippen LogP contribution in [0.3, 0.4) is 0 Å². The Hall–Kier alpha value is -2.53. The van der Waals surface area contributed by atoms with Crippen molar-refractivity contribution in [1.82, 2.24) is 0 Å². The Morgan fingerprint density at radius 3 is 2.81 bits per heavy atom. The highest BCUT2D eigenvalue weighted by Crippen LogP contribution is 2.33. The van der Waals surface area contributed by atoms with Gasteiger partial charge in [-0.15, -0.1) is 0 Å². The molecule has 0 unspecified atom stereocenters. The lowest BCUT2D eigenvalue weighted by atomic mass is 10.1. The summed E-state index contributed by atoms with van der Waals surface area (Å²) in [7, 11) is 0. The van der Waals surface area contributed by atoms with Crippen LogP contribution in [0.25, 0.3) is 6.08 Å². The summed E-state index contributed by atoms with van der Waals surface area (Å²) < 4.78 is 30.9. The molecule has 0 saturated heterocycles. The molecule has 2 aromatic rings. The Morgan fingerprint density at radius 1 is 1.31 bits per heavy atom. The van der Waals surface area contributed by atoms with Gasteiger partial charge in [0, 0.05) is 17.7 Å². The number of hydrogen-bond donors (Lipinski definition) is 0. The lowest BCUT2D eigenvalue weighted by Gasteiger charge is -2.17. The molecule has 6 heteroatoms. The summed E-state index contributed by atoms with van der Waals surface area (Å²) in [6.45, 7) is 4.18. The van der Waals surface area contributed by atoms with E-state index in [4.69, 9.17) is 25.8 Å². The van der Waals surface area contributed by atoms with Gasteiger partial charge in [-0.05, 0) is 37.6 Å². The summed E-state index contributed by atoms with van der Waals surface area (Å²) in [5.74, 6) is 0.791. The number of rotatable bonds is 6. The van der Waals surface area contributed by atoms with Crippen LogP contribution in [0.15, 0.2) is 35.9 Å². The predicted molar refractivity (Wildman–Crippen MR) is 97.5 cm³/mol. The van der Waals surface area contributed by atoms with E-state index in [1.165, 1.54) is 12.1 Å². The topological polar surface area (TPSA) is 44.8 Å². The average Bonchev–Trinajstić information content (AvgIpc) is 2.61. The normalized spacial score (nSPS) is 12.9. The Morgan fingerprint density at radius 2 is 2.12 bits per heavy atom. The third-order valence-corrected chi connectivity index (χ3v) is 4.00. The highest BCUT2D eigenvalue weighted by Gasteiger charge is 2.17. The van der Waals surface area contributed by atoms with Crippen molar-refractivity contribution >= 4 is 24.0 Å². The molecule has 1 aliphatic rings. The third kappa shape index (κ3) is 4.17. The third-order valence-electron chi connectivity index (χ3n) is 3.71. The van der Waals surface area contributed by atoms with Gasteiger partial charge in [-0.3, -0.25) is 4.79 Å². The molecular weight excluding hydrogens is 359 g/mol. The van der Waals surface area contributed by atoms with Crippen LogP contribution >= 0.6 is 11.6 Å². The summed E-state index contributed by atoms with van der Waals surface area (Å²) in [4.78, 5) is 10.8. The summed E-state index contributed by atoms with van der Waals surface area (Å²) in [5.41, 5.74) is 1.47.